The maximum absolute atomic E-state index is 13.2. The van der Waals surface area contributed by atoms with Gasteiger partial charge in [-0.05, 0) is 38.5 Å². The quantitative estimate of drug-likeness (QED) is 0.809. The van der Waals surface area contributed by atoms with Gasteiger partial charge in [-0.2, -0.15) is 0 Å². The second-order valence-electron chi connectivity index (χ2n) is 7.91. The van der Waals surface area contributed by atoms with Gasteiger partial charge in [-0.15, -0.1) is 10.2 Å². The molecule has 0 N–H and O–H groups in total. The molecular weight excluding hydrogens is 330 g/mol. The largest absolute Gasteiger partial charge is 0.343 e. The number of amides is 2. The topological polar surface area (TPSA) is 71.3 Å². The Morgan fingerprint density at radius 2 is 1.73 bits per heavy atom. The molecule has 1 atom stereocenters. The highest BCUT2D eigenvalue weighted by Gasteiger charge is 2.38. The zero-order valence-corrected chi connectivity index (χ0v) is 15.7. The van der Waals surface area contributed by atoms with Crippen molar-refractivity contribution in [1.82, 2.24) is 24.6 Å². The van der Waals surface area contributed by atoms with E-state index in [0.29, 0.717) is 13.1 Å². The molecule has 4 heterocycles. The Morgan fingerprint density at radius 1 is 0.923 bits per heavy atom. The Kier molecular flexibility index (Phi) is 4.96. The van der Waals surface area contributed by atoms with Gasteiger partial charge in [0.05, 0.1) is 6.04 Å². The molecule has 0 saturated carbocycles. The summed E-state index contributed by atoms with van der Waals surface area (Å²) in [5, 5.41) is 8.93. The molecule has 3 aliphatic heterocycles. The highest BCUT2D eigenvalue weighted by molar-refractivity contribution is 5.80. The van der Waals surface area contributed by atoms with Gasteiger partial charge in [0, 0.05) is 45.4 Å². The molecule has 0 bridgehead atoms. The number of rotatable bonds is 2. The molecule has 142 valence electrons. The number of fused-ring (bicyclic) bond motifs is 1. The van der Waals surface area contributed by atoms with Crippen LogP contribution in [0.4, 0.5) is 0 Å². The highest BCUT2D eigenvalue weighted by Crippen LogP contribution is 2.34. The minimum atomic E-state index is 0.0396. The van der Waals surface area contributed by atoms with Crippen LogP contribution in [0.5, 0.6) is 0 Å². The number of carbonyl (C=O) groups excluding carboxylic acids is 2. The van der Waals surface area contributed by atoms with Crippen molar-refractivity contribution in [3.8, 4) is 0 Å². The molecule has 2 amide bonds. The summed E-state index contributed by atoms with van der Waals surface area (Å²) in [5.41, 5.74) is 0. The van der Waals surface area contributed by atoms with Crippen LogP contribution < -0.4 is 0 Å². The van der Waals surface area contributed by atoms with Crippen molar-refractivity contribution in [3.63, 3.8) is 0 Å². The molecule has 3 aliphatic rings. The van der Waals surface area contributed by atoms with E-state index >= 15 is 0 Å². The molecule has 7 nitrogen and oxygen atoms in total. The second-order valence-corrected chi connectivity index (χ2v) is 7.91. The lowest BCUT2D eigenvalue weighted by atomic mass is 9.95. The van der Waals surface area contributed by atoms with E-state index in [4.69, 9.17) is 0 Å². The van der Waals surface area contributed by atoms with E-state index in [9.17, 15) is 9.59 Å². The Hall–Kier alpha value is -1.92. The zero-order valence-electron chi connectivity index (χ0n) is 15.7. The molecule has 0 spiro atoms. The zero-order chi connectivity index (χ0) is 18.1. The summed E-state index contributed by atoms with van der Waals surface area (Å²) in [5.74, 6) is 2.49. The number of aryl methyl sites for hydroxylation is 1. The summed E-state index contributed by atoms with van der Waals surface area (Å²) in [6, 6.07) is 0.0766. The first kappa shape index (κ1) is 17.5. The summed E-state index contributed by atoms with van der Waals surface area (Å²) in [7, 11) is 0. The number of piperidine rings is 1. The standard InChI is InChI=1S/C19H29N5O2/c1-14(25)22-12-8-15(9-13-22)19(26)23-11-5-6-16(23)18-21-20-17-7-3-2-4-10-24(17)18/h15-16H,2-13H2,1H3. The molecule has 1 aromatic rings. The van der Waals surface area contributed by atoms with Crippen molar-refractivity contribution in [3.05, 3.63) is 11.6 Å². The smallest absolute Gasteiger partial charge is 0.226 e. The molecule has 1 aromatic heterocycles. The predicted octanol–water partition coefficient (Wildman–Crippen LogP) is 1.93. The number of aromatic nitrogens is 3. The van der Waals surface area contributed by atoms with Gasteiger partial charge >= 0.3 is 0 Å². The van der Waals surface area contributed by atoms with Crippen LogP contribution in [0.25, 0.3) is 0 Å². The summed E-state index contributed by atoms with van der Waals surface area (Å²) in [6.07, 6.45) is 8.16. The summed E-state index contributed by atoms with van der Waals surface area (Å²) in [6.45, 7) is 4.80. The first-order valence-electron chi connectivity index (χ1n) is 10.1. The van der Waals surface area contributed by atoms with Crippen molar-refractivity contribution < 1.29 is 9.59 Å². The summed E-state index contributed by atoms with van der Waals surface area (Å²) in [4.78, 5) is 28.6. The summed E-state index contributed by atoms with van der Waals surface area (Å²) >= 11 is 0. The molecule has 4 rings (SSSR count). The molecule has 0 radical (unpaired) electrons. The van der Waals surface area contributed by atoms with Crippen molar-refractivity contribution in [2.75, 3.05) is 19.6 Å². The van der Waals surface area contributed by atoms with Crippen LogP contribution in [0.1, 0.15) is 69.6 Å². The van der Waals surface area contributed by atoms with Gasteiger partial charge in [0.15, 0.2) is 5.82 Å². The minimum absolute atomic E-state index is 0.0396. The van der Waals surface area contributed by atoms with Crippen molar-refractivity contribution in [2.24, 2.45) is 5.92 Å². The monoisotopic (exact) mass is 359 g/mol. The fraction of sp³-hybridized carbons (Fsp3) is 0.789. The van der Waals surface area contributed by atoms with E-state index in [2.05, 4.69) is 19.7 Å². The molecule has 0 aromatic carbocycles. The van der Waals surface area contributed by atoms with E-state index in [1.165, 1.54) is 19.3 Å². The number of hydrogen-bond donors (Lipinski definition) is 0. The number of likely N-dealkylation sites (tertiary alicyclic amines) is 2. The molecule has 1 unspecified atom stereocenters. The van der Waals surface area contributed by atoms with E-state index in [1.54, 1.807) is 6.92 Å². The third-order valence-corrected chi connectivity index (χ3v) is 6.26. The fourth-order valence-electron chi connectivity index (χ4n) is 4.73. The van der Waals surface area contributed by atoms with E-state index in [0.717, 1.165) is 56.8 Å². The Labute approximate surface area is 154 Å². The van der Waals surface area contributed by atoms with Crippen LogP contribution in [-0.4, -0.2) is 56.0 Å². The van der Waals surface area contributed by atoms with Crippen molar-refractivity contribution >= 4 is 11.8 Å². The third-order valence-electron chi connectivity index (χ3n) is 6.26. The van der Waals surface area contributed by atoms with Crippen LogP contribution >= 0.6 is 0 Å². The average molecular weight is 359 g/mol. The van der Waals surface area contributed by atoms with Gasteiger partial charge in [-0.1, -0.05) is 6.42 Å². The lowest BCUT2D eigenvalue weighted by molar-refractivity contribution is -0.141. The van der Waals surface area contributed by atoms with Gasteiger partial charge in [0.1, 0.15) is 5.82 Å². The Balaban J connectivity index is 1.48. The van der Waals surface area contributed by atoms with Crippen LogP contribution in [0.3, 0.4) is 0 Å². The third kappa shape index (κ3) is 3.23. The lowest BCUT2D eigenvalue weighted by Gasteiger charge is -2.34. The van der Waals surface area contributed by atoms with Crippen LogP contribution in [0, 0.1) is 5.92 Å². The molecule has 7 heteroatoms. The van der Waals surface area contributed by atoms with E-state index in [-0.39, 0.29) is 23.8 Å². The predicted molar refractivity (Wildman–Crippen MR) is 96.2 cm³/mol. The molecule has 2 saturated heterocycles. The van der Waals surface area contributed by atoms with Gasteiger partial charge in [0.25, 0.3) is 0 Å². The van der Waals surface area contributed by atoms with Crippen LogP contribution in [0.2, 0.25) is 0 Å². The first-order chi connectivity index (χ1) is 12.6. The van der Waals surface area contributed by atoms with E-state index < -0.39 is 0 Å². The lowest BCUT2D eigenvalue weighted by Crippen LogP contribution is -2.44. The van der Waals surface area contributed by atoms with E-state index in [1.807, 2.05) is 4.90 Å². The minimum Gasteiger partial charge on any atom is -0.343 e. The molecule has 2 fully saturated rings. The highest BCUT2D eigenvalue weighted by atomic mass is 16.2. The molecule has 0 aliphatic carbocycles. The molecular formula is C19H29N5O2. The van der Waals surface area contributed by atoms with Crippen LogP contribution in [0.15, 0.2) is 0 Å². The Morgan fingerprint density at radius 3 is 2.50 bits per heavy atom. The van der Waals surface area contributed by atoms with Gasteiger partial charge in [-0.3, -0.25) is 9.59 Å². The number of carbonyl (C=O) groups is 2. The maximum atomic E-state index is 13.2. The average Bonchev–Trinajstić information content (AvgIpc) is 3.22. The number of nitrogens with zero attached hydrogens (tertiary/aromatic N) is 5. The van der Waals surface area contributed by atoms with Crippen molar-refractivity contribution in [1.29, 1.82) is 0 Å². The SMILES string of the molecule is CC(=O)N1CCC(C(=O)N2CCCC2c2nnc3n2CCCCC3)CC1. The first-order valence-corrected chi connectivity index (χ1v) is 10.1. The fourth-order valence-corrected chi connectivity index (χ4v) is 4.73. The maximum Gasteiger partial charge on any atom is 0.226 e. The Bertz CT molecular complexity index is 677. The molecule has 26 heavy (non-hydrogen) atoms. The number of hydrogen-bond acceptors (Lipinski definition) is 4. The van der Waals surface area contributed by atoms with Gasteiger partial charge < -0.3 is 14.4 Å². The van der Waals surface area contributed by atoms with Gasteiger partial charge in [0.2, 0.25) is 11.8 Å². The second kappa shape index (κ2) is 7.37. The summed E-state index contributed by atoms with van der Waals surface area (Å²) < 4.78 is 2.28. The van der Waals surface area contributed by atoms with Crippen molar-refractivity contribution in [2.45, 2.75) is 70.9 Å². The normalized spacial score (nSPS) is 24.4. The van der Waals surface area contributed by atoms with Crippen LogP contribution in [-0.2, 0) is 22.6 Å². The van der Waals surface area contributed by atoms with Gasteiger partial charge in [-0.25, -0.2) is 0 Å².